The Labute approximate surface area is 116 Å². The largest absolute Gasteiger partial charge is 0.466 e. The Morgan fingerprint density at radius 3 is 2.80 bits per heavy atom. The smallest absolute Gasteiger partial charge is 0.309 e. The van der Waals surface area contributed by atoms with Crippen LogP contribution in [0.15, 0.2) is 12.4 Å². The number of carbonyl (C=O) groups excluding carboxylic acids is 1. The number of hydrogen-bond donors (Lipinski definition) is 0. The third-order valence-corrected chi connectivity index (χ3v) is 3.38. The summed E-state index contributed by atoms with van der Waals surface area (Å²) in [5, 5.41) is 14.5. The average Bonchev–Trinajstić information content (AvgIpc) is 2.88. The quantitative estimate of drug-likeness (QED) is 0.455. The Morgan fingerprint density at radius 2 is 2.25 bits per heavy atom. The molecule has 110 valence electrons. The molecular weight excluding hydrogens is 264 g/mol. The van der Waals surface area contributed by atoms with Gasteiger partial charge in [0.05, 0.1) is 24.1 Å². The van der Waals surface area contributed by atoms with Gasteiger partial charge < -0.3 is 4.74 Å². The van der Waals surface area contributed by atoms with Gasteiger partial charge in [-0.25, -0.2) is 0 Å². The lowest BCUT2D eigenvalue weighted by Gasteiger charge is -2.30. The first kappa shape index (κ1) is 14.4. The summed E-state index contributed by atoms with van der Waals surface area (Å²) in [4.78, 5) is 23.8. The molecule has 0 amide bonds. The van der Waals surface area contributed by atoms with Crippen molar-refractivity contribution in [3.63, 3.8) is 0 Å². The molecule has 0 unspecified atom stereocenters. The van der Waals surface area contributed by atoms with Crippen LogP contribution in [0.4, 0.5) is 5.69 Å². The molecule has 0 N–H and O–H groups in total. The van der Waals surface area contributed by atoms with Crippen molar-refractivity contribution in [2.75, 3.05) is 19.7 Å². The van der Waals surface area contributed by atoms with E-state index in [1.165, 1.54) is 12.4 Å². The summed E-state index contributed by atoms with van der Waals surface area (Å²) in [7, 11) is 0. The molecule has 0 aromatic carbocycles. The summed E-state index contributed by atoms with van der Waals surface area (Å²) in [6.45, 7) is 4.24. The van der Waals surface area contributed by atoms with E-state index in [0.29, 0.717) is 13.3 Å². The fourth-order valence-corrected chi connectivity index (χ4v) is 2.30. The third kappa shape index (κ3) is 3.53. The molecule has 0 aliphatic carbocycles. The minimum Gasteiger partial charge on any atom is -0.466 e. The normalized spacial score (nSPS) is 17.1. The van der Waals surface area contributed by atoms with E-state index in [-0.39, 0.29) is 17.6 Å². The van der Waals surface area contributed by atoms with Crippen LogP contribution in [0.25, 0.3) is 0 Å². The number of rotatable bonds is 5. The van der Waals surface area contributed by atoms with Crippen molar-refractivity contribution in [2.45, 2.75) is 26.4 Å². The van der Waals surface area contributed by atoms with Gasteiger partial charge in [-0.3, -0.25) is 24.5 Å². The molecule has 1 aliphatic rings. The number of hydrogen-bond acceptors (Lipinski definition) is 6. The van der Waals surface area contributed by atoms with Gasteiger partial charge in [0.15, 0.2) is 0 Å². The van der Waals surface area contributed by atoms with Gasteiger partial charge in [0.25, 0.3) is 0 Å². The number of piperidine rings is 1. The van der Waals surface area contributed by atoms with Crippen LogP contribution in [-0.4, -0.2) is 45.3 Å². The van der Waals surface area contributed by atoms with Gasteiger partial charge in [-0.15, -0.1) is 0 Å². The second kappa shape index (κ2) is 6.47. The molecule has 0 atom stereocenters. The molecule has 0 radical (unpaired) electrons. The van der Waals surface area contributed by atoms with Crippen LogP contribution in [0.1, 0.15) is 19.8 Å². The minimum atomic E-state index is -0.462. The molecule has 8 heteroatoms. The van der Waals surface area contributed by atoms with Crippen molar-refractivity contribution in [3.05, 3.63) is 22.5 Å². The predicted molar refractivity (Wildman–Crippen MR) is 69.8 cm³/mol. The fourth-order valence-electron chi connectivity index (χ4n) is 2.30. The van der Waals surface area contributed by atoms with Crippen LogP contribution in [0, 0.1) is 16.0 Å². The van der Waals surface area contributed by atoms with Crippen molar-refractivity contribution < 1.29 is 14.5 Å². The zero-order valence-electron chi connectivity index (χ0n) is 11.4. The zero-order chi connectivity index (χ0) is 14.5. The van der Waals surface area contributed by atoms with Gasteiger partial charge in [0.2, 0.25) is 0 Å². The summed E-state index contributed by atoms with van der Waals surface area (Å²) in [5.41, 5.74) is -0.00795. The summed E-state index contributed by atoms with van der Waals surface area (Å²) >= 11 is 0. The van der Waals surface area contributed by atoms with Gasteiger partial charge in [0, 0.05) is 13.1 Å². The van der Waals surface area contributed by atoms with Crippen LogP contribution < -0.4 is 0 Å². The van der Waals surface area contributed by atoms with E-state index in [2.05, 4.69) is 10.00 Å². The van der Waals surface area contributed by atoms with Crippen LogP contribution in [0.5, 0.6) is 0 Å². The monoisotopic (exact) mass is 282 g/mol. The molecule has 1 aromatic rings. The lowest BCUT2D eigenvalue weighted by Crippen LogP contribution is -2.38. The third-order valence-electron chi connectivity index (χ3n) is 3.38. The molecule has 0 saturated carbocycles. The van der Waals surface area contributed by atoms with Crippen molar-refractivity contribution in [2.24, 2.45) is 5.92 Å². The van der Waals surface area contributed by atoms with Gasteiger partial charge in [-0.05, 0) is 19.8 Å². The molecule has 1 aromatic heterocycles. The van der Waals surface area contributed by atoms with Crippen LogP contribution in [0.2, 0.25) is 0 Å². The summed E-state index contributed by atoms with van der Waals surface area (Å²) in [6, 6.07) is 0. The molecule has 0 spiro atoms. The Bertz CT molecular complexity index is 480. The number of carbonyl (C=O) groups is 1. The first-order valence-corrected chi connectivity index (χ1v) is 6.66. The van der Waals surface area contributed by atoms with Gasteiger partial charge >= 0.3 is 11.7 Å². The van der Waals surface area contributed by atoms with Crippen LogP contribution >= 0.6 is 0 Å². The first-order valence-electron chi connectivity index (χ1n) is 6.66. The number of esters is 1. The maximum Gasteiger partial charge on any atom is 0.309 e. The molecular formula is C12H18N4O4. The molecule has 20 heavy (non-hydrogen) atoms. The molecule has 2 rings (SSSR count). The van der Waals surface area contributed by atoms with E-state index in [1.54, 1.807) is 11.6 Å². The lowest BCUT2D eigenvalue weighted by molar-refractivity contribution is -0.385. The van der Waals surface area contributed by atoms with E-state index in [0.717, 1.165) is 25.9 Å². The van der Waals surface area contributed by atoms with Crippen LogP contribution in [-0.2, 0) is 16.2 Å². The number of nitro groups is 1. The molecule has 2 heterocycles. The Morgan fingerprint density at radius 1 is 1.55 bits per heavy atom. The zero-order valence-corrected chi connectivity index (χ0v) is 11.4. The number of likely N-dealkylation sites (tertiary alicyclic amines) is 1. The molecule has 8 nitrogen and oxygen atoms in total. The number of ether oxygens (including phenoxy) is 1. The SMILES string of the molecule is CCOC(=O)C1CCN(Cn2cc([N+](=O)[O-])cn2)CC1. The highest BCUT2D eigenvalue weighted by atomic mass is 16.6. The molecule has 1 fully saturated rings. The predicted octanol–water partition coefficient (Wildman–Crippen LogP) is 1.02. The van der Waals surface area contributed by atoms with E-state index in [9.17, 15) is 14.9 Å². The Hall–Kier alpha value is -1.96. The first-order chi connectivity index (χ1) is 9.60. The van der Waals surface area contributed by atoms with E-state index in [1.807, 2.05) is 0 Å². The van der Waals surface area contributed by atoms with Gasteiger partial charge in [-0.1, -0.05) is 0 Å². The van der Waals surface area contributed by atoms with E-state index in [4.69, 9.17) is 4.74 Å². The standard InChI is InChI=1S/C12H18N4O4/c1-2-20-12(17)10-3-5-14(6-4-10)9-15-8-11(7-13-15)16(18)19/h7-8,10H,2-6,9H2,1H3. The minimum absolute atomic E-state index is 0.00795. The molecule has 0 bridgehead atoms. The topological polar surface area (TPSA) is 90.5 Å². The van der Waals surface area contributed by atoms with E-state index < -0.39 is 4.92 Å². The maximum atomic E-state index is 11.6. The maximum absolute atomic E-state index is 11.6. The summed E-state index contributed by atoms with van der Waals surface area (Å²) in [6.07, 6.45) is 4.16. The second-order valence-electron chi connectivity index (χ2n) is 4.78. The lowest BCUT2D eigenvalue weighted by atomic mass is 9.97. The van der Waals surface area contributed by atoms with Gasteiger partial charge in [0.1, 0.15) is 12.4 Å². The van der Waals surface area contributed by atoms with Crippen molar-refractivity contribution in [3.8, 4) is 0 Å². The highest BCUT2D eigenvalue weighted by Gasteiger charge is 2.26. The highest BCUT2D eigenvalue weighted by Crippen LogP contribution is 2.19. The highest BCUT2D eigenvalue weighted by molar-refractivity contribution is 5.72. The number of aromatic nitrogens is 2. The Balaban J connectivity index is 1.82. The Kier molecular flexibility index (Phi) is 4.67. The van der Waals surface area contributed by atoms with Gasteiger partial charge in [-0.2, -0.15) is 5.10 Å². The molecule has 1 aliphatic heterocycles. The molecule has 1 saturated heterocycles. The number of nitrogens with zero attached hydrogens (tertiary/aromatic N) is 4. The second-order valence-corrected chi connectivity index (χ2v) is 4.78. The van der Waals surface area contributed by atoms with Crippen LogP contribution in [0.3, 0.4) is 0 Å². The van der Waals surface area contributed by atoms with Crippen molar-refractivity contribution in [1.29, 1.82) is 0 Å². The van der Waals surface area contributed by atoms with E-state index >= 15 is 0 Å². The van der Waals surface area contributed by atoms with Crippen molar-refractivity contribution in [1.82, 2.24) is 14.7 Å². The summed E-state index contributed by atoms with van der Waals surface area (Å²) < 4.78 is 6.56. The average molecular weight is 282 g/mol. The summed E-state index contributed by atoms with van der Waals surface area (Å²) in [5.74, 6) is -0.153. The van der Waals surface area contributed by atoms with Crippen molar-refractivity contribution >= 4 is 11.7 Å². The fraction of sp³-hybridized carbons (Fsp3) is 0.667.